The Hall–Kier alpha value is -1.99. The van der Waals surface area contributed by atoms with Crippen molar-refractivity contribution in [3.8, 4) is 11.5 Å². The summed E-state index contributed by atoms with van der Waals surface area (Å²) in [5.41, 5.74) is 0.401. The quantitative estimate of drug-likeness (QED) is 0.715. The first-order chi connectivity index (χ1) is 12.9. The Morgan fingerprint density at radius 1 is 1.07 bits per heavy atom. The summed E-state index contributed by atoms with van der Waals surface area (Å²) < 4.78 is 10.4. The molecular formula is C20H32ClN3O4. The summed E-state index contributed by atoms with van der Waals surface area (Å²) in [5.74, 6) is 0.699. The van der Waals surface area contributed by atoms with E-state index in [1.165, 1.54) is 14.2 Å². The molecule has 0 spiro atoms. The predicted molar refractivity (Wildman–Crippen MR) is 112 cm³/mol. The molecule has 2 rings (SSSR count). The lowest BCUT2D eigenvalue weighted by Crippen LogP contribution is -2.54. The summed E-state index contributed by atoms with van der Waals surface area (Å²) >= 11 is 0. The second-order valence-corrected chi connectivity index (χ2v) is 7.18. The van der Waals surface area contributed by atoms with Crippen molar-refractivity contribution < 1.29 is 19.1 Å². The van der Waals surface area contributed by atoms with Crippen LogP contribution < -0.4 is 20.1 Å². The van der Waals surface area contributed by atoms with E-state index in [0.717, 1.165) is 12.8 Å². The zero-order valence-corrected chi connectivity index (χ0v) is 18.1. The number of hydrogen-bond donors (Lipinski definition) is 2. The van der Waals surface area contributed by atoms with E-state index in [2.05, 4.69) is 10.6 Å². The lowest BCUT2D eigenvalue weighted by atomic mass is 9.99. The van der Waals surface area contributed by atoms with Crippen molar-refractivity contribution in [3.63, 3.8) is 0 Å². The molecule has 28 heavy (non-hydrogen) atoms. The van der Waals surface area contributed by atoms with E-state index in [4.69, 9.17) is 9.47 Å². The summed E-state index contributed by atoms with van der Waals surface area (Å²) in [4.78, 5) is 27.6. The monoisotopic (exact) mass is 413 g/mol. The highest BCUT2D eigenvalue weighted by atomic mass is 35.5. The van der Waals surface area contributed by atoms with Crippen LogP contribution in [0.5, 0.6) is 11.5 Å². The molecule has 1 heterocycles. The maximum Gasteiger partial charge on any atom is 0.252 e. The Morgan fingerprint density at radius 3 is 2.04 bits per heavy atom. The van der Waals surface area contributed by atoms with Gasteiger partial charge in [-0.15, -0.1) is 12.4 Å². The normalized spacial score (nSPS) is 15.6. The van der Waals surface area contributed by atoms with Crippen molar-refractivity contribution in [2.45, 2.75) is 38.8 Å². The summed E-state index contributed by atoms with van der Waals surface area (Å²) in [7, 11) is 5.01. The number of rotatable bonds is 7. The second-order valence-electron chi connectivity index (χ2n) is 7.18. The van der Waals surface area contributed by atoms with Crippen molar-refractivity contribution in [1.82, 2.24) is 15.5 Å². The van der Waals surface area contributed by atoms with E-state index in [1.54, 1.807) is 18.2 Å². The molecule has 1 atom stereocenters. The van der Waals surface area contributed by atoms with Gasteiger partial charge < -0.3 is 25.0 Å². The smallest absolute Gasteiger partial charge is 0.252 e. The van der Waals surface area contributed by atoms with Gasteiger partial charge in [-0.25, -0.2) is 0 Å². The Morgan fingerprint density at radius 2 is 1.61 bits per heavy atom. The topological polar surface area (TPSA) is 79.9 Å². The molecule has 1 aromatic carbocycles. The van der Waals surface area contributed by atoms with Gasteiger partial charge in [0.1, 0.15) is 17.5 Å². The van der Waals surface area contributed by atoms with Crippen molar-refractivity contribution in [2.24, 2.45) is 5.92 Å². The number of benzene rings is 1. The highest BCUT2D eigenvalue weighted by Gasteiger charge is 2.31. The first kappa shape index (κ1) is 24.0. The number of likely N-dealkylation sites (tertiary alicyclic amines) is 1. The number of halogens is 1. The minimum Gasteiger partial charge on any atom is -0.497 e. The van der Waals surface area contributed by atoms with E-state index in [-0.39, 0.29) is 30.1 Å². The molecule has 2 amide bonds. The third kappa shape index (κ3) is 6.01. The van der Waals surface area contributed by atoms with Gasteiger partial charge in [-0.2, -0.15) is 0 Å². The Balaban J connectivity index is 0.00000392. The Kier molecular flexibility index (Phi) is 9.55. The first-order valence-electron chi connectivity index (χ1n) is 9.39. The zero-order chi connectivity index (χ0) is 20.0. The predicted octanol–water partition coefficient (Wildman–Crippen LogP) is 2.09. The van der Waals surface area contributed by atoms with Gasteiger partial charge in [0, 0.05) is 30.8 Å². The fourth-order valence-corrected chi connectivity index (χ4v) is 3.26. The molecule has 158 valence electrons. The molecule has 1 unspecified atom stereocenters. The molecule has 2 N–H and O–H groups in total. The zero-order valence-electron chi connectivity index (χ0n) is 17.3. The van der Waals surface area contributed by atoms with Crippen LogP contribution in [0.1, 0.15) is 37.0 Å². The van der Waals surface area contributed by atoms with Gasteiger partial charge in [-0.1, -0.05) is 13.8 Å². The lowest BCUT2D eigenvalue weighted by Gasteiger charge is -2.35. The number of carbonyl (C=O) groups excluding carboxylic acids is 2. The molecule has 0 aliphatic carbocycles. The number of nitrogens with one attached hydrogen (secondary N) is 2. The first-order valence-corrected chi connectivity index (χ1v) is 9.39. The van der Waals surface area contributed by atoms with Crippen LogP contribution in [0, 0.1) is 5.92 Å². The SMILES string of the molecule is CNC1CCN(C(=O)C(NC(=O)c2cc(OC)cc(OC)c2)C(C)C)CC1.Cl. The van der Waals surface area contributed by atoms with Crippen LogP contribution in [0.3, 0.4) is 0 Å². The number of methoxy groups -OCH3 is 2. The van der Waals surface area contributed by atoms with Crippen molar-refractivity contribution >= 4 is 24.2 Å². The van der Waals surface area contributed by atoms with Gasteiger partial charge in [0.05, 0.1) is 14.2 Å². The van der Waals surface area contributed by atoms with E-state index in [9.17, 15) is 9.59 Å². The van der Waals surface area contributed by atoms with Gasteiger partial charge in [0.2, 0.25) is 5.91 Å². The summed E-state index contributed by atoms with van der Waals surface area (Å²) in [6.07, 6.45) is 1.85. The lowest BCUT2D eigenvalue weighted by molar-refractivity contribution is -0.135. The molecule has 8 heteroatoms. The van der Waals surface area contributed by atoms with Crippen LogP contribution in [0.4, 0.5) is 0 Å². The molecule has 0 radical (unpaired) electrons. The van der Waals surface area contributed by atoms with Crippen LogP contribution in [0.15, 0.2) is 18.2 Å². The fraction of sp³-hybridized carbons (Fsp3) is 0.600. The van der Waals surface area contributed by atoms with E-state index in [1.807, 2.05) is 25.8 Å². The van der Waals surface area contributed by atoms with Gasteiger partial charge in [-0.05, 0) is 37.9 Å². The van der Waals surface area contributed by atoms with E-state index in [0.29, 0.717) is 36.2 Å². The highest BCUT2D eigenvalue weighted by molar-refractivity contribution is 5.98. The molecular weight excluding hydrogens is 382 g/mol. The van der Waals surface area contributed by atoms with E-state index < -0.39 is 6.04 Å². The average Bonchev–Trinajstić information content (AvgIpc) is 2.70. The molecule has 1 fully saturated rings. The summed E-state index contributed by atoms with van der Waals surface area (Å²) in [6, 6.07) is 4.86. The van der Waals surface area contributed by atoms with Gasteiger partial charge >= 0.3 is 0 Å². The second kappa shape index (κ2) is 11.1. The summed E-state index contributed by atoms with van der Waals surface area (Å²) in [5, 5.41) is 6.16. The number of piperidine rings is 1. The van der Waals surface area contributed by atoms with Crippen LogP contribution in [-0.4, -0.2) is 63.2 Å². The van der Waals surface area contributed by atoms with Crippen LogP contribution in [-0.2, 0) is 4.79 Å². The van der Waals surface area contributed by atoms with E-state index >= 15 is 0 Å². The van der Waals surface area contributed by atoms with Crippen LogP contribution >= 0.6 is 12.4 Å². The largest absolute Gasteiger partial charge is 0.497 e. The fourth-order valence-electron chi connectivity index (χ4n) is 3.26. The number of nitrogens with zero attached hydrogens (tertiary/aromatic N) is 1. The van der Waals surface area contributed by atoms with Gasteiger partial charge in [0.25, 0.3) is 5.91 Å². The number of amides is 2. The van der Waals surface area contributed by atoms with Crippen LogP contribution in [0.25, 0.3) is 0 Å². The standard InChI is InChI=1S/C20H31N3O4.ClH/c1-13(2)18(20(25)23-8-6-15(21-3)7-9-23)22-19(24)14-10-16(26-4)12-17(11-14)27-5;/h10-13,15,18,21H,6-9H2,1-5H3,(H,22,24);1H. The minimum atomic E-state index is -0.569. The third-order valence-electron chi connectivity index (χ3n) is 5.05. The van der Waals surface area contributed by atoms with Gasteiger partial charge in [0.15, 0.2) is 0 Å². The van der Waals surface area contributed by atoms with Gasteiger partial charge in [-0.3, -0.25) is 9.59 Å². The van der Waals surface area contributed by atoms with Crippen molar-refractivity contribution in [2.75, 3.05) is 34.4 Å². The van der Waals surface area contributed by atoms with Crippen molar-refractivity contribution in [3.05, 3.63) is 23.8 Å². The summed E-state index contributed by atoms with van der Waals surface area (Å²) in [6.45, 7) is 5.29. The molecule has 0 saturated carbocycles. The average molecular weight is 414 g/mol. The molecule has 0 bridgehead atoms. The number of ether oxygens (including phenoxy) is 2. The molecule has 1 aliphatic rings. The molecule has 1 saturated heterocycles. The Labute approximate surface area is 173 Å². The van der Waals surface area contributed by atoms with Crippen molar-refractivity contribution in [1.29, 1.82) is 0 Å². The highest BCUT2D eigenvalue weighted by Crippen LogP contribution is 2.23. The molecule has 0 aromatic heterocycles. The molecule has 1 aliphatic heterocycles. The molecule has 1 aromatic rings. The molecule has 7 nitrogen and oxygen atoms in total. The number of carbonyl (C=O) groups is 2. The maximum atomic E-state index is 13.0. The third-order valence-corrected chi connectivity index (χ3v) is 5.05. The maximum absolute atomic E-state index is 13.0. The van der Waals surface area contributed by atoms with Crippen LogP contribution in [0.2, 0.25) is 0 Å². The Bertz CT molecular complexity index is 639. The number of hydrogen-bond acceptors (Lipinski definition) is 5. The minimum absolute atomic E-state index is 0.